The van der Waals surface area contributed by atoms with Crippen molar-refractivity contribution in [1.82, 2.24) is 4.98 Å². The first kappa shape index (κ1) is 11.7. The molecule has 0 aliphatic heterocycles. The third-order valence-corrected chi connectivity index (χ3v) is 2.62. The largest absolute Gasteiger partial charge is 0.388 e. The van der Waals surface area contributed by atoms with E-state index >= 15 is 0 Å². The van der Waals surface area contributed by atoms with Gasteiger partial charge in [0.15, 0.2) is 17.5 Å². The lowest BCUT2D eigenvalue weighted by molar-refractivity contribution is 0.452. The van der Waals surface area contributed by atoms with Gasteiger partial charge >= 0.3 is 0 Å². The lowest BCUT2D eigenvalue weighted by atomic mass is 10.1. The van der Waals surface area contributed by atoms with E-state index in [9.17, 15) is 13.2 Å². The minimum atomic E-state index is -1.49. The molecule has 0 aliphatic rings. The van der Waals surface area contributed by atoms with Crippen LogP contribution in [0.5, 0.6) is 0 Å². The third-order valence-electron chi connectivity index (χ3n) is 2.62. The van der Waals surface area contributed by atoms with Crippen LogP contribution in [0, 0.1) is 17.5 Å². The van der Waals surface area contributed by atoms with Gasteiger partial charge in [0.25, 0.3) is 0 Å². The Kier molecular flexibility index (Phi) is 2.92. The zero-order valence-electron chi connectivity index (χ0n) is 9.44. The summed E-state index contributed by atoms with van der Waals surface area (Å²) in [5.74, 6) is -3.94. The summed E-state index contributed by atoms with van der Waals surface area (Å²) in [6.07, 6.45) is 0.586. The Hall–Kier alpha value is -1.78. The Morgan fingerprint density at radius 3 is 2.47 bits per heavy atom. The summed E-state index contributed by atoms with van der Waals surface area (Å²) in [5, 5.41) is 3.06. The van der Waals surface area contributed by atoms with Crippen molar-refractivity contribution in [3.8, 4) is 0 Å². The van der Waals surface area contributed by atoms with Crippen molar-refractivity contribution >= 4 is 16.6 Å². The highest BCUT2D eigenvalue weighted by Crippen LogP contribution is 2.28. The molecule has 0 unspecified atom stereocenters. The smallest absolute Gasteiger partial charge is 0.196 e. The number of hydrogen-bond donors (Lipinski definition) is 1. The zero-order chi connectivity index (χ0) is 12.6. The second-order valence-corrected chi connectivity index (χ2v) is 3.65. The number of aryl methyl sites for hydroxylation is 1. The average molecular weight is 240 g/mol. The van der Waals surface area contributed by atoms with Gasteiger partial charge < -0.3 is 5.32 Å². The van der Waals surface area contributed by atoms with E-state index in [1.807, 2.05) is 6.92 Å². The van der Waals surface area contributed by atoms with Gasteiger partial charge in [-0.1, -0.05) is 6.92 Å². The molecule has 2 nitrogen and oxygen atoms in total. The van der Waals surface area contributed by atoms with Crippen molar-refractivity contribution in [3.05, 3.63) is 35.3 Å². The normalized spacial score (nSPS) is 10.9. The van der Waals surface area contributed by atoms with Gasteiger partial charge in [-0.3, -0.25) is 0 Å². The number of benzene rings is 1. The summed E-state index contributed by atoms with van der Waals surface area (Å²) in [4.78, 5) is 3.98. The van der Waals surface area contributed by atoms with Crippen molar-refractivity contribution in [3.63, 3.8) is 0 Å². The van der Waals surface area contributed by atoms with Crippen LogP contribution in [-0.2, 0) is 6.42 Å². The van der Waals surface area contributed by atoms with Gasteiger partial charge in [-0.15, -0.1) is 0 Å². The van der Waals surface area contributed by atoms with Gasteiger partial charge in [0.05, 0.1) is 0 Å². The quantitative estimate of drug-likeness (QED) is 0.815. The SMILES string of the molecule is CCc1cc(NC)c2cc(F)c(F)c(F)c2n1. The Bertz CT molecular complexity index is 582. The number of anilines is 1. The molecule has 0 spiro atoms. The molecular weight excluding hydrogens is 229 g/mol. The van der Waals surface area contributed by atoms with Crippen LogP contribution < -0.4 is 5.32 Å². The van der Waals surface area contributed by atoms with Crippen LogP contribution in [-0.4, -0.2) is 12.0 Å². The Morgan fingerprint density at radius 1 is 1.18 bits per heavy atom. The number of aromatic nitrogens is 1. The van der Waals surface area contributed by atoms with Crippen molar-refractivity contribution in [1.29, 1.82) is 0 Å². The highest BCUT2D eigenvalue weighted by molar-refractivity contribution is 5.91. The molecule has 1 aromatic heterocycles. The fourth-order valence-corrected chi connectivity index (χ4v) is 1.71. The van der Waals surface area contributed by atoms with Crippen LogP contribution >= 0.6 is 0 Å². The molecule has 2 rings (SSSR count). The predicted octanol–water partition coefficient (Wildman–Crippen LogP) is 3.26. The van der Waals surface area contributed by atoms with Crippen LogP contribution in [0.15, 0.2) is 12.1 Å². The number of nitrogens with zero attached hydrogens (tertiary/aromatic N) is 1. The van der Waals surface area contributed by atoms with Crippen LogP contribution in [0.3, 0.4) is 0 Å². The number of halogens is 3. The van der Waals surface area contributed by atoms with Crippen LogP contribution in [0.25, 0.3) is 10.9 Å². The van der Waals surface area contributed by atoms with Crippen molar-refractivity contribution in [2.45, 2.75) is 13.3 Å². The molecule has 90 valence electrons. The average Bonchev–Trinajstić information content (AvgIpc) is 2.35. The highest BCUT2D eigenvalue weighted by Gasteiger charge is 2.17. The summed E-state index contributed by atoms with van der Waals surface area (Å²) in [6.45, 7) is 1.85. The van der Waals surface area contributed by atoms with Crippen LogP contribution in [0.4, 0.5) is 18.9 Å². The number of nitrogens with one attached hydrogen (secondary N) is 1. The molecule has 1 aromatic carbocycles. The van der Waals surface area contributed by atoms with E-state index in [0.717, 1.165) is 6.07 Å². The molecule has 0 aliphatic carbocycles. The molecule has 17 heavy (non-hydrogen) atoms. The maximum absolute atomic E-state index is 13.6. The maximum Gasteiger partial charge on any atom is 0.196 e. The molecule has 0 atom stereocenters. The topological polar surface area (TPSA) is 24.9 Å². The fourth-order valence-electron chi connectivity index (χ4n) is 1.71. The fraction of sp³-hybridized carbons (Fsp3) is 0.250. The molecule has 0 fully saturated rings. The van der Waals surface area contributed by atoms with Gasteiger partial charge in [-0.05, 0) is 18.6 Å². The van der Waals surface area contributed by atoms with Gasteiger partial charge in [-0.25, -0.2) is 18.2 Å². The van der Waals surface area contributed by atoms with E-state index in [1.165, 1.54) is 0 Å². The first-order valence-electron chi connectivity index (χ1n) is 5.23. The molecule has 1 N–H and O–H groups in total. The summed E-state index contributed by atoms with van der Waals surface area (Å²) in [5.41, 5.74) is 1.00. The van der Waals surface area contributed by atoms with Crippen molar-refractivity contribution in [2.24, 2.45) is 0 Å². The van der Waals surface area contributed by atoms with Gasteiger partial charge in [0.1, 0.15) is 5.52 Å². The van der Waals surface area contributed by atoms with E-state index in [1.54, 1.807) is 13.1 Å². The molecule has 1 heterocycles. The van der Waals surface area contributed by atoms with Gasteiger partial charge in [-0.2, -0.15) is 0 Å². The first-order chi connectivity index (χ1) is 8.08. The van der Waals surface area contributed by atoms with Crippen molar-refractivity contribution < 1.29 is 13.2 Å². The Balaban J connectivity index is 2.89. The lowest BCUT2D eigenvalue weighted by Crippen LogP contribution is -2.00. The van der Waals surface area contributed by atoms with Crippen LogP contribution in [0.1, 0.15) is 12.6 Å². The second-order valence-electron chi connectivity index (χ2n) is 3.65. The maximum atomic E-state index is 13.6. The summed E-state index contributed by atoms with van der Waals surface area (Å²) in [7, 11) is 1.63. The van der Waals surface area contributed by atoms with Crippen LogP contribution in [0.2, 0.25) is 0 Å². The molecule has 2 aromatic rings. The van der Waals surface area contributed by atoms with Crippen molar-refractivity contribution in [2.75, 3.05) is 12.4 Å². The molecule has 0 radical (unpaired) electrons. The van der Waals surface area contributed by atoms with Gasteiger partial charge in [0, 0.05) is 23.8 Å². The van der Waals surface area contributed by atoms with E-state index in [4.69, 9.17) is 0 Å². The standard InChI is InChI=1S/C12H11F3N2/c1-3-6-4-9(16-2)7-5-8(13)10(14)11(15)12(7)17-6/h4-5H,3H2,1-2H3,(H,16,17). The summed E-state index contributed by atoms with van der Waals surface area (Å²) < 4.78 is 39.8. The van der Waals surface area contributed by atoms with Gasteiger partial charge in [0.2, 0.25) is 0 Å². The minimum absolute atomic E-state index is 0.146. The molecule has 0 bridgehead atoms. The monoisotopic (exact) mass is 240 g/mol. The van der Waals surface area contributed by atoms with E-state index in [0.29, 0.717) is 17.8 Å². The Labute approximate surface area is 96.5 Å². The summed E-state index contributed by atoms with van der Waals surface area (Å²) in [6, 6.07) is 2.64. The third kappa shape index (κ3) is 1.81. The molecule has 0 saturated carbocycles. The first-order valence-corrected chi connectivity index (χ1v) is 5.23. The predicted molar refractivity (Wildman–Crippen MR) is 60.5 cm³/mol. The van der Waals surface area contributed by atoms with E-state index in [-0.39, 0.29) is 10.9 Å². The molecule has 0 amide bonds. The number of hydrogen-bond acceptors (Lipinski definition) is 2. The number of rotatable bonds is 2. The lowest BCUT2D eigenvalue weighted by Gasteiger charge is -2.09. The molecule has 5 heteroatoms. The number of fused-ring (bicyclic) bond motifs is 1. The highest BCUT2D eigenvalue weighted by atomic mass is 19.2. The second kappa shape index (κ2) is 4.24. The summed E-state index contributed by atoms with van der Waals surface area (Å²) >= 11 is 0. The Morgan fingerprint density at radius 2 is 1.88 bits per heavy atom. The molecule has 0 saturated heterocycles. The zero-order valence-corrected chi connectivity index (χ0v) is 9.44. The van der Waals surface area contributed by atoms with E-state index < -0.39 is 17.5 Å². The number of pyridine rings is 1. The minimum Gasteiger partial charge on any atom is -0.388 e. The van der Waals surface area contributed by atoms with E-state index in [2.05, 4.69) is 10.3 Å². The molecular formula is C12H11F3N2.